The molecule has 1 saturated heterocycles. The number of hydrogen-bond donors (Lipinski definition) is 4. The van der Waals surface area contributed by atoms with Crippen molar-refractivity contribution in [2.24, 2.45) is 0 Å². The van der Waals surface area contributed by atoms with E-state index in [2.05, 4.69) is 21.0 Å². The molecule has 11 heteroatoms. The highest BCUT2D eigenvalue weighted by Gasteiger charge is 2.34. The summed E-state index contributed by atoms with van der Waals surface area (Å²) in [5.74, 6) is -0.437. The Labute approximate surface area is 365 Å². The molecule has 1 fully saturated rings. The highest BCUT2D eigenvalue weighted by molar-refractivity contribution is 7.89. The lowest BCUT2D eigenvalue weighted by Crippen LogP contribution is -2.47. The average molecular weight is 854 g/mol. The molecule has 4 N–H and O–H groups in total. The molecule has 0 saturated carbocycles. The zero-order chi connectivity index (χ0) is 43.6. The minimum Gasteiger partial charge on any atom is -0.392 e. The third-order valence-corrected chi connectivity index (χ3v) is 13.0. The largest absolute Gasteiger partial charge is 0.392 e. The summed E-state index contributed by atoms with van der Waals surface area (Å²) >= 11 is 0. The van der Waals surface area contributed by atoms with E-state index in [9.17, 15) is 23.4 Å². The molecule has 6 aromatic rings. The molecule has 1 heterocycles. The number of rotatable bonds is 17. The number of nitrogens with zero attached hydrogens (tertiary/aromatic N) is 1. The first-order valence-electron chi connectivity index (χ1n) is 21.0. The van der Waals surface area contributed by atoms with E-state index in [-0.39, 0.29) is 42.7 Å². The fourth-order valence-corrected chi connectivity index (χ4v) is 8.93. The SMILES string of the molecule is Cc1ccc(S(=O)(=O)N[C@H](Cc2ccccc2)C(=O)NCc2cccc(-c3cccc([C@H]4O[C@@H](CN(C)[C@H](C)[C@@H](O)c5ccccc5)C[C@@H](c5ccc(CO)cc5)O4)c3)c2)cc1. The number of sulfonamides is 1. The van der Waals surface area contributed by atoms with E-state index in [0.29, 0.717) is 13.0 Å². The van der Waals surface area contributed by atoms with Crippen LogP contribution < -0.4 is 10.0 Å². The van der Waals surface area contributed by atoms with Gasteiger partial charge < -0.3 is 25.0 Å². The molecule has 0 aliphatic carbocycles. The molecular weight excluding hydrogens is 799 g/mol. The van der Waals surface area contributed by atoms with E-state index in [0.717, 1.165) is 50.1 Å². The molecule has 7 rings (SSSR count). The van der Waals surface area contributed by atoms with E-state index in [1.807, 2.05) is 148 Å². The summed E-state index contributed by atoms with van der Waals surface area (Å²) in [6.45, 7) is 4.60. The molecule has 62 heavy (non-hydrogen) atoms. The number of aryl methyl sites for hydroxylation is 1. The maximum atomic E-state index is 13.8. The van der Waals surface area contributed by atoms with E-state index in [1.165, 1.54) is 12.1 Å². The summed E-state index contributed by atoms with van der Waals surface area (Å²) in [4.78, 5) is 16.0. The number of carbonyl (C=O) groups is 1. The van der Waals surface area contributed by atoms with Crippen molar-refractivity contribution in [3.8, 4) is 11.1 Å². The van der Waals surface area contributed by atoms with Crippen molar-refractivity contribution in [1.29, 1.82) is 0 Å². The third-order valence-electron chi connectivity index (χ3n) is 11.5. The van der Waals surface area contributed by atoms with Crippen LogP contribution in [0.25, 0.3) is 11.1 Å². The molecular formula is C51H55N3O7S. The van der Waals surface area contributed by atoms with Gasteiger partial charge in [-0.15, -0.1) is 0 Å². The lowest BCUT2D eigenvalue weighted by Gasteiger charge is -2.39. The van der Waals surface area contributed by atoms with Gasteiger partial charge in [-0.2, -0.15) is 4.72 Å². The lowest BCUT2D eigenvalue weighted by molar-refractivity contribution is -0.253. The van der Waals surface area contributed by atoms with Crippen LogP contribution in [0.15, 0.2) is 163 Å². The van der Waals surface area contributed by atoms with Crippen molar-refractivity contribution in [3.05, 3.63) is 197 Å². The monoisotopic (exact) mass is 853 g/mol. The van der Waals surface area contributed by atoms with Crippen LogP contribution in [0.5, 0.6) is 0 Å². The average Bonchev–Trinajstić information content (AvgIpc) is 3.30. The van der Waals surface area contributed by atoms with Gasteiger partial charge in [0, 0.05) is 31.1 Å². The van der Waals surface area contributed by atoms with Gasteiger partial charge in [0.15, 0.2) is 6.29 Å². The van der Waals surface area contributed by atoms with Crippen molar-refractivity contribution in [3.63, 3.8) is 0 Å². The molecule has 322 valence electrons. The second-order valence-corrected chi connectivity index (χ2v) is 17.8. The molecule has 0 radical (unpaired) electrons. The topological polar surface area (TPSA) is 137 Å². The number of hydrogen-bond acceptors (Lipinski definition) is 8. The Balaban J connectivity index is 1.07. The van der Waals surface area contributed by atoms with E-state index < -0.39 is 34.4 Å². The molecule has 0 spiro atoms. The zero-order valence-corrected chi connectivity index (χ0v) is 36.1. The first-order valence-corrected chi connectivity index (χ1v) is 22.5. The summed E-state index contributed by atoms with van der Waals surface area (Å²) in [6, 6.07) is 48.0. The fourth-order valence-electron chi connectivity index (χ4n) is 7.74. The minimum absolute atomic E-state index is 0.0439. The van der Waals surface area contributed by atoms with Crippen LogP contribution in [0, 0.1) is 6.92 Å². The first-order chi connectivity index (χ1) is 29.9. The van der Waals surface area contributed by atoms with E-state index in [1.54, 1.807) is 12.1 Å². The van der Waals surface area contributed by atoms with Gasteiger partial charge in [0.1, 0.15) is 6.04 Å². The number of nitrogens with one attached hydrogen (secondary N) is 2. The Bertz CT molecular complexity index is 2490. The van der Waals surface area contributed by atoms with Gasteiger partial charge in [-0.25, -0.2) is 8.42 Å². The van der Waals surface area contributed by atoms with Gasteiger partial charge in [0.25, 0.3) is 0 Å². The van der Waals surface area contributed by atoms with Gasteiger partial charge in [-0.05, 0) is 90.5 Å². The van der Waals surface area contributed by atoms with Crippen LogP contribution in [0.4, 0.5) is 0 Å². The Morgan fingerprint density at radius 2 is 1.40 bits per heavy atom. The number of aliphatic hydroxyl groups is 2. The Morgan fingerprint density at radius 1 is 0.758 bits per heavy atom. The van der Waals surface area contributed by atoms with Gasteiger partial charge in [-0.3, -0.25) is 9.69 Å². The molecule has 6 aromatic carbocycles. The van der Waals surface area contributed by atoms with Crippen molar-refractivity contribution in [1.82, 2.24) is 14.9 Å². The van der Waals surface area contributed by atoms with Crippen LogP contribution in [0.1, 0.15) is 70.8 Å². The molecule has 0 bridgehead atoms. The third kappa shape index (κ3) is 11.5. The molecule has 1 aliphatic rings. The number of amides is 1. The second kappa shape index (κ2) is 20.6. The Kier molecular flexibility index (Phi) is 14.8. The lowest BCUT2D eigenvalue weighted by atomic mass is 9.97. The maximum Gasteiger partial charge on any atom is 0.241 e. The van der Waals surface area contributed by atoms with Crippen molar-refractivity contribution < 1.29 is 32.9 Å². The summed E-state index contributed by atoms with van der Waals surface area (Å²) < 4.78 is 42.9. The molecule has 0 unspecified atom stereocenters. The first kappa shape index (κ1) is 44.6. The van der Waals surface area contributed by atoms with Crippen molar-refractivity contribution >= 4 is 15.9 Å². The summed E-state index contributed by atoms with van der Waals surface area (Å²) in [7, 11) is -1.98. The fraction of sp³-hybridized carbons (Fsp3) is 0.275. The van der Waals surface area contributed by atoms with Crippen molar-refractivity contribution in [2.75, 3.05) is 13.6 Å². The normalized spacial score (nSPS) is 18.2. The highest BCUT2D eigenvalue weighted by Crippen LogP contribution is 2.39. The van der Waals surface area contributed by atoms with Crippen LogP contribution in [-0.2, 0) is 43.9 Å². The zero-order valence-electron chi connectivity index (χ0n) is 35.3. The number of ether oxygens (including phenoxy) is 2. The van der Waals surface area contributed by atoms with Gasteiger partial charge in [-0.1, -0.05) is 139 Å². The predicted octanol–water partition coefficient (Wildman–Crippen LogP) is 7.96. The van der Waals surface area contributed by atoms with E-state index in [4.69, 9.17) is 9.47 Å². The molecule has 0 aromatic heterocycles. The van der Waals surface area contributed by atoms with Gasteiger partial charge >= 0.3 is 0 Å². The summed E-state index contributed by atoms with van der Waals surface area (Å²) in [5.41, 5.74) is 7.96. The molecule has 6 atom stereocenters. The van der Waals surface area contributed by atoms with Crippen LogP contribution in [-0.4, -0.2) is 61.2 Å². The van der Waals surface area contributed by atoms with Gasteiger partial charge in [0.05, 0.1) is 29.8 Å². The van der Waals surface area contributed by atoms with Gasteiger partial charge in [0.2, 0.25) is 15.9 Å². The molecule has 1 aliphatic heterocycles. The minimum atomic E-state index is -3.98. The van der Waals surface area contributed by atoms with Crippen LogP contribution >= 0.6 is 0 Å². The number of aliphatic hydroxyl groups excluding tert-OH is 2. The highest BCUT2D eigenvalue weighted by atomic mass is 32.2. The van der Waals surface area contributed by atoms with Crippen LogP contribution in [0.3, 0.4) is 0 Å². The maximum absolute atomic E-state index is 13.8. The quantitative estimate of drug-likeness (QED) is 0.0726. The standard InChI is InChI=1S/C51H55N3O7S/c1-35-20-26-46(27-21-35)62(58,59)53-47(29-37-12-6-4-7-13-37)50(57)52-32-39-14-10-17-42(28-39)43-18-11-19-44(30-43)51-60-45(31-48(61-51)40-24-22-38(34-55)23-25-40)33-54(3)36(2)49(56)41-15-8-5-9-16-41/h4-28,30,36,45,47-49,51,53,55-56H,29,31-34H2,1-3H3,(H,52,57)/t36-,45-,47-,48+,49-,51+/m1/s1. The Morgan fingerprint density at radius 3 is 2.10 bits per heavy atom. The summed E-state index contributed by atoms with van der Waals surface area (Å²) in [6.07, 6.45) is -1.10. The molecule has 1 amide bonds. The van der Waals surface area contributed by atoms with E-state index >= 15 is 0 Å². The predicted molar refractivity (Wildman–Crippen MR) is 241 cm³/mol. The second-order valence-electron chi connectivity index (χ2n) is 16.1. The summed E-state index contributed by atoms with van der Waals surface area (Å²) in [5, 5.41) is 23.9. The number of benzene rings is 6. The molecule has 10 nitrogen and oxygen atoms in total. The number of carbonyl (C=O) groups excluding carboxylic acids is 1. The number of likely N-dealkylation sites (N-methyl/N-ethyl adjacent to an activating group) is 1. The van der Waals surface area contributed by atoms with Crippen molar-refractivity contribution in [2.45, 2.75) is 81.4 Å². The Hall–Kier alpha value is -5.50. The van der Waals surface area contributed by atoms with Crippen LogP contribution in [0.2, 0.25) is 0 Å². The smallest absolute Gasteiger partial charge is 0.241 e.